The van der Waals surface area contributed by atoms with Gasteiger partial charge in [0, 0.05) is 42.5 Å². The molecular weight excluding hydrogens is 455 g/mol. The number of aldehydes is 1. The molecule has 0 bridgehead atoms. The first kappa shape index (κ1) is 26.3. The van der Waals surface area contributed by atoms with E-state index >= 15 is 0 Å². The minimum atomic E-state index is -1.30. The van der Waals surface area contributed by atoms with Crippen molar-refractivity contribution in [2.24, 2.45) is 0 Å². The van der Waals surface area contributed by atoms with Gasteiger partial charge in [0.2, 0.25) is 5.91 Å². The van der Waals surface area contributed by atoms with Gasteiger partial charge in [-0.2, -0.15) is 0 Å². The van der Waals surface area contributed by atoms with Gasteiger partial charge in [0.15, 0.2) is 17.9 Å². The number of nitrogens with zero attached hydrogens (tertiary/aromatic N) is 1. The van der Waals surface area contributed by atoms with Crippen molar-refractivity contribution < 1.29 is 27.6 Å². The zero-order chi connectivity index (χ0) is 24.4. The number of anilines is 2. The monoisotopic (exact) mass is 479 g/mol. The molecule has 0 radical (unpaired) electrons. The fourth-order valence-electron chi connectivity index (χ4n) is 2.92. The van der Waals surface area contributed by atoms with Crippen LogP contribution in [0.1, 0.15) is 41.3 Å². The van der Waals surface area contributed by atoms with Crippen LogP contribution >= 0.6 is 11.9 Å². The van der Waals surface area contributed by atoms with E-state index in [2.05, 4.69) is 21.6 Å². The van der Waals surface area contributed by atoms with E-state index in [0.29, 0.717) is 19.3 Å². The average Bonchev–Trinajstić information content (AvgIpc) is 3.23. The zero-order valence-corrected chi connectivity index (χ0v) is 19.0. The molecule has 1 fully saturated rings. The first-order chi connectivity index (χ1) is 15.9. The molecule has 6 nitrogen and oxygen atoms in total. The summed E-state index contributed by atoms with van der Waals surface area (Å²) in [6.07, 6.45) is 6.69. The van der Waals surface area contributed by atoms with Crippen molar-refractivity contribution in [3.63, 3.8) is 0 Å². The van der Waals surface area contributed by atoms with Crippen molar-refractivity contribution in [1.82, 2.24) is 9.79 Å². The Bertz CT molecular complexity index is 1040. The van der Waals surface area contributed by atoms with Gasteiger partial charge in [-0.05, 0) is 49.6 Å². The fourth-order valence-corrected chi connectivity index (χ4v) is 3.92. The Balaban J connectivity index is 0.000000696. The van der Waals surface area contributed by atoms with Crippen molar-refractivity contribution in [2.45, 2.75) is 25.5 Å². The third kappa shape index (κ3) is 6.99. The Morgan fingerprint density at radius 2 is 2.03 bits per heavy atom. The molecule has 1 heterocycles. The first-order valence-electron chi connectivity index (χ1n) is 10.1. The molecule has 1 saturated heterocycles. The van der Waals surface area contributed by atoms with Gasteiger partial charge in [-0.3, -0.25) is 13.9 Å². The third-order valence-electron chi connectivity index (χ3n) is 4.53. The van der Waals surface area contributed by atoms with E-state index in [1.165, 1.54) is 22.5 Å². The highest BCUT2D eigenvalue weighted by atomic mass is 32.2. The van der Waals surface area contributed by atoms with E-state index in [4.69, 9.17) is 6.42 Å². The van der Waals surface area contributed by atoms with Gasteiger partial charge in [-0.15, -0.1) is 6.42 Å². The fraction of sp³-hybridized carbons (Fsp3) is 0.304. The predicted molar refractivity (Wildman–Crippen MR) is 122 cm³/mol. The van der Waals surface area contributed by atoms with E-state index in [1.807, 2.05) is 6.92 Å². The summed E-state index contributed by atoms with van der Waals surface area (Å²) in [5.41, 5.74) is 1.97. The van der Waals surface area contributed by atoms with Crippen LogP contribution in [0.15, 0.2) is 24.3 Å². The van der Waals surface area contributed by atoms with Crippen LogP contribution in [0, 0.1) is 29.8 Å². The van der Waals surface area contributed by atoms with Gasteiger partial charge in [0.25, 0.3) is 0 Å². The number of amides is 1. The molecule has 0 aliphatic carbocycles. The quantitative estimate of drug-likeness (QED) is 0.250. The summed E-state index contributed by atoms with van der Waals surface area (Å²) in [4.78, 5) is 27.6. The number of terminal acetylenes is 1. The number of halogens is 3. The van der Waals surface area contributed by atoms with Gasteiger partial charge < -0.3 is 10.2 Å². The van der Waals surface area contributed by atoms with Crippen molar-refractivity contribution in [1.29, 1.82) is 0 Å². The van der Waals surface area contributed by atoms with Crippen molar-refractivity contribution in [2.75, 3.05) is 25.5 Å². The molecule has 2 N–H and O–H groups in total. The highest BCUT2D eigenvalue weighted by Gasteiger charge is 2.23. The van der Waals surface area contributed by atoms with Crippen molar-refractivity contribution >= 4 is 35.5 Å². The number of hydroxylamine groups is 1. The molecule has 33 heavy (non-hydrogen) atoms. The standard InChI is InChI=1S/C20H15F3N2O2S.C3H9NO/c1-2-12-5-6-16(15(21)8-12)24-20-13(10-26)9-14(18(22)19(20)23)11-28-25-7-3-4-17(25)27;1-3-5-4-2/h1,5-6,8-10,24H,3-4,7,11H2;4H,3H2,1-2H3. The van der Waals surface area contributed by atoms with Crippen LogP contribution in [0.25, 0.3) is 0 Å². The topological polar surface area (TPSA) is 70.7 Å². The summed E-state index contributed by atoms with van der Waals surface area (Å²) in [5.74, 6) is -1.04. The molecule has 3 rings (SSSR count). The first-order valence-corrected chi connectivity index (χ1v) is 11.0. The zero-order valence-electron chi connectivity index (χ0n) is 18.2. The SMILES string of the molecule is C#Cc1ccc(Nc2c(C=O)cc(CSN3CCCC3=O)c(F)c2F)c(F)c1.CCONC. The van der Waals surface area contributed by atoms with E-state index < -0.39 is 23.1 Å². The smallest absolute Gasteiger partial charge is 0.232 e. The normalized spacial score (nSPS) is 12.7. The minimum absolute atomic E-state index is 0.0131. The van der Waals surface area contributed by atoms with Crippen LogP contribution in [0.4, 0.5) is 24.5 Å². The van der Waals surface area contributed by atoms with Gasteiger partial charge in [0.1, 0.15) is 5.82 Å². The Morgan fingerprint density at radius 1 is 1.27 bits per heavy atom. The number of rotatable bonds is 8. The van der Waals surface area contributed by atoms with E-state index in [9.17, 15) is 22.8 Å². The summed E-state index contributed by atoms with van der Waals surface area (Å²) in [7, 11) is 1.74. The van der Waals surface area contributed by atoms with Crippen LogP contribution in [0.5, 0.6) is 0 Å². The lowest BCUT2D eigenvalue weighted by atomic mass is 10.1. The maximum absolute atomic E-state index is 14.6. The minimum Gasteiger partial charge on any atom is -0.350 e. The molecule has 1 aliphatic heterocycles. The molecule has 0 atom stereocenters. The molecule has 1 amide bonds. The molecule has 2 aromatic rings. The van der Waals surface area contributed by atoms with Gasteiger partial charge in [-0.1, -0.05) is 5.92 Å². The Hall–Kier alpha value is -3.00. The number of carbonyl (C=O) groups excluding carboxylic acids is 2. The second kappa shape index (κ2) is 12.9. The maximum atomic E-state index is 14.6. The Labute approximate surface area is 195 Å². The Morgan fingerprint density at radius 3 is 2.55 bits per heavy atom. The summed E-state index contributed by atoms with van der Waals surface area (Å²) in [6.45, 7) is 3.20. The van der Waals surface area contributed by atoms with Crippen LogP contribution in [0.3, 0.4) is 0 Å². The van der Waals surface area contributed by atoms with Crippen LogP contribution in [-0.4, -0.2) is 36.7 Å². The van der Waals surface area contributed by atoms with E-state index in [-0.39, 0.29) is 34.0 Å². The number of hydrogen-bond acceptors (Lipinski definition) is 6. The maximum Gasteiger partial charge on any atom is 0.232 e. The van der Waals surface area contributed by atoms with Crippen LogP contribution in [-0.2, 0) is 15.4 Å². The van der Waals surface area contributed by atoms with E-state index in [0.717, 1.165) is 31.0 Å². The Kier molecular flexibility index (Phi) is 10.3. The lowest BCUT2D eigenvalue weighted by molar-refractivity contribution is -0.123. The number of hydrogen-bond donors (Lipinski definition) is 2. The summed E-state index contributed by atoms with van der Waals surface area (Å²) in [6, 6.07) is 4.96. The van der Waals surface area contributed by atoms with Crippen LogP contribution < -0.4 is 10.8 Å². The number of nitrogens with one attached hydrogen (secondary N) is 2. The summed E-state index contributed by atoms with van der Waals surface area (Å²) < 4.78 is 44.7. The second-order valence-corrected chi connectivity index (χ2v) is 7.71. The number of carbonyl (C=O) groups is 2. The number of benzene rings is 2. The molecule has 1 aliphatic rings. The molecule has 0 aromatic heterocycles. The van der Waals surface area contributed by atoms with Crippen molar-refractivity contribution in [3.05, 3.63) is 58.4 Å². The lowest BCUT2D eigenvalue weighted by Crippen LogP contribution is -2.16. The largest absolute Gasteiger partial charge is 0.350 e. The van der Waals surface area contributed by atoms with Gasteiger partial charge in [-0.25, -0.2) is 18.7 Å². The van der Waals surface area contributed by atoms with Gasteiger partial charge >= 0.3 is 0 Å². The molecular formula is C23H24F3N3O3S. The molecule has 0 unspecified atom stereocenters. The molecule has 0 spiro atoms. The van der Waals surface area contributed by atoms with Gasteiger partial charge in [0.05, 0.1) is 18.0 Å². The summed E-state index contributed by atoms with van der Waals surface area (Å²) in [5, 5.41) is 2.42. The van der Waals surface area contributed by atoms with Crippen LogP contribution in [0.2, 0.25) is 0 Å². The highest BCUT2D eigenvalue weighted by molar-refractivity contribution is 7.96. The molecule has 2 aromatic carbocycles. The molecule has 0 saturated carbocycles. The predicted octanol–water partition coefficient (Wildman–Crippen LogP) is 4.57. The second-order valence-electron chi connectivity index (χ2n) is 6.72. The van der Waals surface area contributed by atoms with Crippen molar-refractivity contribution in [3.8, 4) is 12.3 Å². The molecule has 10 heteroatoms. The highest BCUT2D eigenvalue weighted by Crippen LogP contribution is 2.32. The average molecular weight is 480 g/mol. The van der Waals surface area contributed by atoms with E-state index in [1.54, 1.807) is 7.05 Å². The lowest BCUT2D eigenvalue weighted by Gasteiger charge is -2.16. The third-order valence-corrected chi connectivity index (χ3v) is 5.67. The molecule has 176 valence electrons. The summed E-state index contributed by atoms with van der Waals surface area (Å²) >= 11 is 1.07.